The average Bonchev–Trinajstić information content (AvgIpc) is 2.27. The van der Waals surface area contributed by atoms with Crippen molar-refractivity contribution in [3.05, 3.63) is 42.0 Å². The van der Waals surface area contributed by atoms with Crippen LogP contribution in [-0.4, -0.2) is 25.2 Å². The molecule has 0 saturated heterocycles. The maximum Gasteiger partial charge on any atom is 0.331 e. The van der Waals surface area contributed by atoms with Gasteiger partial charge in [-0.3, -0.25) is 0 Å². The maximum absolute atomic E-state index is 10.8. The van der Waals surface area contributed by atoms with Crippen LogP contribution in [-0.2, 0) is 4.79 Å². The van der Waals surface area contributed by atoms with Gasteiger partial charge >= 0.3 is 5.97 Å². The predicted octanol–water partition coefficient (Wildman–Crippen LogP) is 2.50. The molecule has 3 heteroatoms. The number of carboxylic acid groups (broad SMARTS) is 1. The van der Waals surface area contributed by atoms with Crippen LogP contribution in [0.2, 0.25) is 0 Å². The summed E-state index contributed by atoms with van der Waals surface area (Å²) >= 11 is 0. The van der Waals surface area contributed by atoms with Gasteiger partial charge in [-0.2, -0.15) is 0 Å². The van der Waals surface area contributed by atoms with Gasteiger partial charge in [-0.1, -0.05) is 25.6 Å². The summed E-state index contributed by atoms with van der Waals surface area (Å²) in [6, 6.07) is 7.82. The van der Waals surface area contributed by atoms with Crippen molar-refractivity contribution in [3.8, 4) is 0 Å². The largest absolute Gasteiger partial charge is 0.478 e. The van der Waals surface area contributed by atoms with Gasteiger partial charge in [0.2, 0.25) is 0 Å². The molecule has 0 spiro atoms. The Kier molecular flexibility index (Phi) is 3.72. The summed E-state index contributed by atoms with van der Waals surface area (Å²) < 4.78 is 0. The number of hydrogen-bond acceptors (Lipinski definition) is 2. The number of rotatable bonds is 4. The van der Waals surface area contributed by atoms with E-state index in [0.29, 0.717) is 0 Å². The number of nitrogens with zero attached hydrogens (tertiary/aromatic N) is 1. The molecule has 0 amide bonds. The number of benzene rings is 1. The van der Waals surface area contributed by atoms with Crippen LogP contribution in [0.25, 0.3) is 0 Å². The predicted molar refractivity (Wildman–Crippen MR) is 66.0 cm³/mol. The monoisotopic (exact) mass is 219 g/mol. The van der Waals surface area contributed by atoms with Crippen LogP contribution in [0.15, 0.2) is 36.4 Å². The van der Waals surface area contributed by atoms with E-state index in [9.17, 15) is 4.79 Å². The second-order valence-corrected chi connectivity index (χ2v) is 4.04. The van der Waals surface area contributed by atoms with Gasteiger partial charge < -0.3 is 10.0 Å². The lowest BCUT2D eigenvalue weighted by atomic mass is 9.94. The van der Waals surface area contributed by atoms with Crippen LogP contribution in [0, 0.1) is 0 Å². The minimum Gasteiger partial charge on any atom is -0.478 e. The van der Waals surface area contributed by atoms with E-state index in [1.54, 1.807) is 0 Å². The third-order valence-electron chi connectivity index (χ3n) is 2.71. The Morgan fingerprint density at radius 2 is 1.81 bits per heavy atom. The smallest absolute Gasteiger partial charge is 0.331 e. The van der Waals surface area contributed by atoms with Gasteiger partial charge in [-0.25, -0.2) is 4.79 Å². The van der Waals surface area contributed by atoms with Gasteiger partial charge in [0.25, 0.3) is 0 Å². The first-order chi connectivity index (χ1) is 7.43. The Morgan fingerprint density at radius 3 is 2.19 bits per heavy atom. The van der Waals surface area contributed by atoms with E-state index >= 15 is 0 Å². The fourth-order valence-electron chi connectivity index (χ4n) is 1.45. The van der Waals surface area contributed by atoms with Crippen molar-refractivity contribution < 1.29 is 9.90 Å². The number of carbonyl (C=O) groups is 1. The van der Waals surface area contributed by atoms with Gasteiger partial charge in [0.15, 0.2) is 0 Å². The molecule has 0 heterocycles. The molecule has 1 unspecified atom stereocenters. The molecule has 1 aromatic carbocycles. The molecule has 3 nitrogen and oxygen atoms in total. The SMILES string of the molecule is C=C(C(=O)O)C(C)c1ccc(N(C)C)cc1. The summed E-state index contributed by atoms with van der Waals surface area (Å²) in [7, 11) is 3.93. The van der Waals surface area contributed by atoms with Crippen LogP contribution >= 0.6 is 0 Å². The molecule has 16 heavy (non-hydrogen) atoms. The van der Waals surface area contributed by atoms with E-state index in [2.05, 4.69) is 6.58 Å². The third kappa shape index (κ3) is 2.63. The highest BCUT2D eigenvalue weighted by Gasteiger charge is 2.15. The van der Waals surface area contributed by atoms with Gasteiger partial charge in [0, 0.05) is 31.3 Å². The van der Waals surface area contributed by atoms with Crippen molar-refractivity contribution in [2.75, 3.05) is 19.0 Å². The molecule has 1 atom stereocenters. The summed E-state index contributed by atoms with van der Waals surface area (Å²) in [5, 5.41) is 8.85. The molecule has 1 rings (SSSR count). The molecule has 1 N–H and O–H groups in total. The normalized spacial score (nSPS) is 11.9. The van der Waals surface area contributed by atoms with Crippen LogP contribution in [0.4, 0.5) is 5.69 Å². The zero-order valence-corrected chi connectivity index (χ0v) is 9.90. The van der Waals surface area contributed by atoms with Crippen molar-refractivity contribution in [1.29, 1.82) is 0 Å². The van der Waals surface area contributed by atoms with Crippen molar-refractivity contribution in [2.24, 2.45) is 0 Å². The molecule has 0 aliphatic rings. The Balaban J connectivity index is 2.89. The second kappa shape index (κ2) is 4.84. The first-order valence-electron chi connectivity index (χ1n) is 5.13. The first kappa shape index (κ1) is 12.3. The number of carboxylic acids is 1. The van der Waals surface area contributed by atoms with Gasteiger partial charge in [0.1, 0.15) is 0 Å². The fourth-order valence-corrected chi connectivity index (χ4v) is 1.45. The highest BCUT2D eigenvalue weighted by Crippen LogP contribution is 2.24. The van der Waals surface area contributed by atoms with Crippen molar-refractivity contribution in [2.45, 2.75) is 12.8 Å². The van der Waals surface area contributed by atoms with E-state index in [4.69, 9.17) is 5.11 Å². The summed E-state index contributed by atoms with van der Waals surface area (Å²) in [6.07, 6.45) is 0. The molecule has 0 fully saturated rings. The Hall–Kier alpha value is -1.77. The highest BCUT2D eigenvalue weighted by molar-refractivity contribution is 5.87. The summed E-state index contributed by atoms with van der Waals surface area (Å²) in [6.45, 7) is 5.43. The topological polar surface area (TPSA) is 40.5 Å². The minimum atomic E-state index is -0.941. The number of anilines is 1. The standard InChI is InChI=1S/C13H17NO2/c1-9(10(2)13(15)16)11-5-7-12(8-6-11)14(3)4/h5-9H,2H2,1,3-4H3,(H,15,16). The number of hydrogen-bond donors (Lipinski definition) is 1. The maximum atomic E-state index is 10.8. The Labute approximate surface area is 96.0 Å². The van der Waals surface area contributed by atoms with Gasteiger partial charge in [-0.15, -0.1) is 0 Å². The molecule has 0 aliphatic heterocycles. The molecule has 0 saturated carbocycles. The Bertz CT molecular complexity index is 393. The molecule has 0 bridgehead atoms. The van der Waals surface area contributed by atoms with Crippen molar-refractivity contribution in [1.82, 2.24) is 0 Å². The lowest BCUT2D eigenvalue weighted by Gasteiger charge is -2.15. The average molecular weight is 219 g/mol. The quantitative estimate of drug-likeness (QED) is 0.791. The molecule has 0 aliphatic carbocycles. The van der Waals surface area contributed by atoms with E-state index in [1.165, 1.54) is 0 Å². The molecule has 0 aromatic heterocycles. The van der Waals surface area contributed by atoms with Crippen LogP contribution < -0.4 is 4.90 Å². The molecular weight excluding hydrogens is 202 g/mol. The molecular formula is C13H17NO2. The van der Waals surface area contributed by atoms with Crippen molar-refractivity contribution >= 4 is 11.7 Å². The van der Waals surface area contributed by atoms with Crippen molar-refractivity contribution in [3.63, 3.8) is 0 Å². The van der Waals surface area contributed by atoms with E-state index in [-0.39, 0.29) is 11.5 Å². The Morgan fingerprint density at radius 1 is 1.31 bits per heavy atom. The molecule has 86 valence electrons. The van der Waals surface area contributed by atoms with E-state index in [0.717, 1.165) is 11.3 Å². The van der Waals surface area contributed by atoms with Crippen LogP contribution in [0.1, 0.15) is 18.4 Å². The van der Waals surface area contributed by atoms with Crippen LogP contribution in [0.5, 0.6) is 0 Å². The lowest BCUT2D eigenvalue weighted by Crippen LogP contribution is -2.10. The molecule has 0 radical (unpaired) electrons. The van der Waals surface area contributed by atoms with Gasteiger partial charge in [0.05, 0.1) is 0 Å². The zero-order chi connectivity index (χ0) is 12.3. The summed E-state index contributed by atoms with van der Waals surface area (Å²) in [5.74, 6) is -1.10. The second-order valence-electron chi connectivity index (χ2n) is 4.04. The van der Waals surface area contributed by atoms with Crippen LogP contribution in [0.3, 0.4) is 0 Å². The highest BCUT2D eigenvalue weighted by atomic mass is 16.4. The third-order valence-corrected chi connectivity index (χ3v) is 2.71. The lowest BCUT2D eigenvalue weighted by molar-refractivity contribution is -0.132. The first-order valence-corrected chi connectivity index (χ1v) is 5.13. The summed E-state index contributed by atoms with van der Waals surface area (Å²) in [4.78, 5) is 12.8. The summed E-state index contributed by atoms with van der Waals surface area (Å²) in [5.41, 5.74) is 2.28. The minimum absolute atomic E-state index is 0.159. The van der Waals surface area contributed by atoms with Gasteiger partial charge in [-0.05, 0) is 17.7 Å². The van der Waals surface area contributed by atoms with E-state index < -0.39 is 5.97 Å². The fraction of sp³-hybridized carbons (Fsp3) is 0.308. The molecule has 1 aromatic rings. The zero-order valence-electron chi connectivity index (χ0n) is 9.90. The van der Waals surface area contributed by atoms with E-state index in [1.807, 2.05) is 50.2 Å². The number of aliphatic carboxylic acids is 1.